The SMILES string of the molecule is CC(C)(C)n1ncc2c1CCC[C@H]2NS(=O)(=O)c1cccs1. The fraction of sp³-hybridized carbons (Fsp3) is 0.533. The van der Waals surface area contributed by atoms with Gasteiger partial charge >= 0.3 is 0 Å². The van der Waals surface area contributed by atoms with Gasteiger partial charge < -0.3 is 0 Å². The molecule has 1 aliphatic rings. The van der Waals surface area contributed by atoms with Gasteiger partial charge in [-0.25, -0.2) is 13.1 Å². The van der Waals surface area contributed by atoms with Crippen LogP contribution in [0, 0.1) is 0 Å². The first-order valence-electron chi connectivity index (χ1n) is 7.42. The molecule has 0 saturated carbocycles. The molecule has 0 aromatic carbocycles. The molecule has 0 amide bonds. The molecule has 7 heteroatoms. The lowest BCUT2D eigenvalue weighted by atomic mass is 9.93. The maximum Gasteiger partial charge on any atom is 0.250 e. The number of hydrogen-bond acceptors (Lipinski definition) is 4. The maximum atomic E-state index is 12.4. The van der Waals surface area contributed by atoms with E-state index in [0.717, 1.165) is 30.5 Å². The van der Waals surface area contributed by atoms with Gasteiger partial charge in [0, 0.05) is 11.3 Å². The van der Waals surface area contributed by atoms with Crippen LogP contribution in [0.15, 0.2) is 27.9 Å². The Hall–Kier alpha value is -1.18. The van der Waals surface area contributed by atoms with E-state index in [1.54, 1.807) is 17.5 Å². The molecule has 2 aromatic heterocycles. The average molecular weight is 339 g/mol. The van der Waals surface area contributed by atoms with Crippen LogP contribution in [0.1, 0.15) is 50.9 Å². The summed E-state index contributed by atoms with van der Waals surface area (Å²) in [6.45, 7) is 6.33. The van der Waals surface area contributed by atoms with Crippen molar-refractivity contribution in [3.8, 4) is 0 Å². The first-order chi connectivity index (χ1) is 10.3. The summed E-state index contributed by atoms with van der Waals surface area (Å²) >= 11 is 1.24. The number of nitrogens with zero attached hydrogens (tertiary/aromatic N) is 2. The lowest BCUT2D eigenvalue weighted by Gasteiger charge is -2.28. The van der Waals surface area contributed by atoms with Gasteiger partial charge in [0.1, 0.15) is 4.21 Å². The molecule has 0 saturated heterocycles. The third-order valence-corrected chi connectivity index (χ3v) is 6.74. The second-order valence-electron chi connectivity index (χ2n) is 6.63. The van der Waals surface area contributed by atoms with Gasteiger partial charge in [-0.15, -0.1) is 11.3 Å². The van der Waals surface area contributed by atoms with Gasteiger partial charge in [-0.05, 0) is 51.5 Å². The molecule has 3 rings (SSSR count). The molecule has 0 radical (unpaired) electrons. The number of nitrogens with one attached hydrogen (secondary N) is 1. The molecule has 0 bridgehead atoms. The molecular weight excluding hydrogens is 318 g/mol. The molecule has 5 nitrogen and oxygen atoms in total. The molecular formula is C15H21N3O2S2. The zero-order valence-electron chi connectivity index (χ0n) is 13.0. The van der Waals surface area contributed by atoms with E-state index in [1.165, 1.54) is 11.3 Å². The minimum Gasteiger partial charge on any atom is -0.264 e. The Bertz CT molecular complexity index is 755. The average Bonchev–Trinajstić information content (AvgIpc) is 3.08. The number of rotatable bonds is 3. The van der Waals surface area contributed by atoms with Gasteiger partial charge in [0.05, 0.1) is 17.8 Å². The monoisotopic (exact) mass is 339 g/mol. The summed E-state index contributed by atoms with van der Waals surface area (Å²) in [6.07, 6.45) is 4.55. The van der Waals surface area contributed by atoms with Crippen LogP contribution in [0.3, 0.4) is 0 Å². The summed E-state index contributed by atoms with van der Waals surface area (Å²) in [7, 11) is -3.45. The molecule has 2 heterocycles. The normalized spacial score (nSPS) is 19.1. The van der Waals surface area contributed by atoms with Crippen LogP contribution in [-0.2, 0) is 22.0 Å². The van der Waals surface area contributed by atoms with Crippen molar-refractivity contribution in [2.45, 2.75) is 55.8 Å². The molecule has 1 N–H and O–H groups in total. The summed E-state index contributed by atoms with van der Waals surface area (Å²) in [4.78, 5) is 0. The van der Waals surface area contributed by atoms with Crippen LogP contribution in [0.25, 0.3) is 0 Å². The number of aromatic nitrogens is 2. The standard InChI is InChI=1S/C15H21N3O2S2/c1-15(2,3)18-13-7-4-6-12(11(13)10-16-18)17-22(19,20)14-8-5-9-21-14/h5,8-10,12,17H,4,6-7H2,1-3H3/t12-/m1/s1. The molecule has 0 unspecified atom stereocenters. The van der Waals surface area contributed by atoms with E-state index in [0.29, 0.717) is 4.21 Å². The van der Waals surface area contributed by atoms with Gasteiger partial charge in [0.15, 0.2) is 0 Å². The highest BCUT2D eigenvalue weighted by atomic mass is 32.2. The number of fused-ring (bicyclic) bond motifs is 1. The summed E-state index contributed by atoms with van der Waals surface area (Å²) in [5.74, 6) is 0. The van der Waals surface area contributed by atoms with E-state index in [2.05, 4.69) is 30.6 Å². The minimum atomic E-state index is -3.45. The second kappa shape index (κ2) is 5.47. The second-order valence-corrected chi connectivity index (χ2v) is 9.52. The van der Waals surface area contributed by atoms with Gasteiger partial charge in [-0.1, -0.05) is 6.07 Å². The fourth-order valence-electron chi connectivity index (χ4n) is 2.92. The van der Waals surface area contributed by atoms with Gasteiger partial charge in [0.25, 0.3) is 10.0 Å². The van der Waals surface area contributed by atoms with Crippen molar-refractivity contribution in [2.75, 3.05) is 0 Å². The predicted molar refractivity (Wildman–Crippen MR) is 87.5 cm³/mol. The molecule has 1 aliphatic carbocycles. The maximum absolute atomic E-state index is 12.4. The Balaban J connectivity index is 1.92. The summed E-state index contributed by atoms with van der Waals surface area (Å²) in [5.41, 5.74) is 2.07. The van der Waals surface area contributed by atoms with Gasteiger partial charge in [-0.2, -0.15) is 5.10 Å². The van der Waals surface area contributed by atoms with Gasteiger partial charge in [0.2, 0.25) is 0 Å². The van der Waals surface area contributed by atoms with E-state index in [4.69, 9.17) is 0 Å². The van der Waals surface area contributed by atoms with Crippen molar-refractivity contribution in [1.82, 2.24) is 14.5 Å². The predicted octanol–water partition coefficient (Wildman–Crippen LogP) is 3.06. The molecule has 2 aromatic rings. The zero-order chi connectivity index (χ0) is 16.0. The van der Waals surface area contributed by atoms with Crippen molar-refractivity contribution in [3.63, 3.8) is 0 Å². The summed E-state index contributed by atoms with van der Waals surface area (Å²) in [6, 6.07) is 3.20. The topological polar surface area (TPSA) is 64.0 Å². The Labute approximate surface area is 135 Å². The highest BCUT2D eigenvalue weighted by molar-refractivity contribution is 7.91. The third-order valence-electron chi connectivity index (χ3n) is 3.88. The number of thiophene rings is 1. The van der Waals surface area contributed by atoms with E-state index in [-0.39, 0.29) is 11.6 Å². The molecule has 1 atom stereocenters. The molecule has 0 fully saturated rings. The first-order valence-corrected chi connectivity index (χ1v) is 9.78. The summed E-state index contributed by atoms with van der Waals surface area (Å²) < 4.78 is 30.1. The quantitative estimate of drug-likeness (QED) is 0.935. The van der Waals surface area contributed by atoms with E-state index in [1.807, 2.05) is 10.9 Å². The lowest BCUT2D eigenvalue weighted by Crippen LogP contribution is -2.32. The molecule has 0 spiro atoms. The smallest absolute Gasteiger partial charge is 0.250 e. The third kappa shape index (κ3) is 2.85. The Morgan fingerprint density at radius 3 is 2.82 bits per heavy atom. The van der Waals surface area contributed by atoms with Crippen LogP contribution in [0.4, 0.5) is 0 Å². The minimum absolute atomic E-state index is 0.0951. The summed E-state index contributed by atoms with van der Waals surface area (Å²) in [5, 5.41) is 6.27. The van der Waals surface area contributed by atoms with Crippen LogP contribution < -0.4 is 4.72 Å². The molecule has 120 valence electrons. The van der Waals surface area contributed by atoms with Crippen LogP contribution in [0.2, 0.25) is 0 Å². The van der Waals surface area contributed by atoms with Crippen molar-refractivity contribution < 1.29 is 8.42 Å². The van der Waals surface area contributed by atoms with Crippen molar-refractivity contribution in [1.29, 1.82) is 0 Å². The first kappa shape index (κ1) is 15.7. The van der Waals surface area contributed by atoms with E-state index < -0.39 is 10.0 Å². The Kier molecular flexibility index (Phi) is 3.91. The zero-order valence-corrected chi connectivity index (χ0v) is 14.7. The molecule has 22 heavy (non-hydrogen) atoms. The van der Waals surface area contributed by atoms with E-state index >= 15 is 0 Å². The van der Waals surface area contributed by atoms with Crippen LogP contribution >= 0.6 is 11.3 Å². The fourth-order valence-corrected chi connectivity index (χ4v) is 5.18. The number of hydrogen-bond donors (Lipinski definition) is 1. The van der Waals surface area contributed by atoms with E-state index in [9.17, 15) is 8.42 Å². The Morgan fingerprint density at radius 2 is 2.18 bits per heavy atom. The van der Waals surface area contributed by atoms with Crippen molar-refractivity contribution in [3.05, 3.63) is 35.0 Å². The van der Waals surface area contributed by atoms with Gasteiger partial charge in [-0.3, -0.25) is 4.68 Å². The van der Waals surface area contributed by atoms with Crippen molar-refractivity contribution >= 4 is 21.4 Å². The number of sulfonamides is 1. The van der Waals surface area contributed by atoms with Crippen LogP contribution in [0.5, 0.6) is 0 Å². The largest absolute Gasteiger partial charge is 0.264 e. The Morgan fingerprint density at radius 1 is 1.41 bits per heavy atom. The van der Waals surface area contributed by atoms with Crippen LogP contribution in [-0.4, -0.2) is 18.2 Å². The highest BCUT2D eigenvalue weighted by Crippen LogP contribution is 2.33. The van der Waals surface area contributed by atoms with Crippen molar-refractivity contribution in [2.24, 2.45) is 0 Å². The lowest BCUT2D eigenvalue weighted by molar-refractivity contribution is 0.336. The molecule has 0 aliphatic heterocycles. The highest BCUT2D eigenvalue weighted by Gasteiger charge is 2.31.